The summed E-state index contributed by atoms with van der Waals surface area (Å²) in [6.45, 7) is 3.41. The summed E-state index contributed by atoms with van der Waals surface area (Å²) in [5, 5.41) is 3.58. The first kappa shape index (κ1) is 20.9. The zero-order chi connectivity index (χ0) is 22.1. The normalized spacial score (nSPS) is 12.6. The summed E-state index contributed by atoms with van der Waals surface area (Å²) in [6.07, 6.45) is 0. The number of hydrogen-bond donors (Lipinski definition) is 2. The number of carbonyl (C=O) groups excluding carboxylic acids is 1. The Bertz CT molecular complexity index is 1130. The van der Waals surface area contributed by atoms with E-state index in [1.807, 2.05) is 60.3 Å². The highest BCUT2D eigenvalue weighted by Gasteiger charge is 2.23. The predicted octanol–water partition coefficient (Wildman–Crippen LogP) is 2.93. The Kier molecular flexibility index (Phi) is 5.65. The van der Waals surface area contributed by atoms with Crippen LogP contribution in [0.25, 0.3) is 0 Å². The molecular weight excluding hydrogens is 414 g/mol. The molecule has 4 rings (SSSR count). The number of amides is 1. The predicted molar refractivity (Wildman–Crippen MR) is 122 cm³/mol. The molecule has 31 heavy (non-hydrogen) atoms. The lowest BCUT2D eigenvalue weighted by Crippen LogP contribution is -2.23. The van der Waals surface area contributed by atoms with Crippen molar-refractivity contribution in [1.29, 1.82) is 0 Å². The third-order valence-electron chi connectivity index (χ3n) is 5.22. The monoisotopic (exact) mass is 437 g/mol. The molecule has 0 aliphatic carbocycles. The molecule has 0 fully saturated rings. The van der Waals surface area contributed by atoms with Crippen LogP contribution in [0.2, 0.25) is 5.02 Å². The van der Waals surface area contributed by atoms with E-state index in [0.717, 1.165) is 22.4 Å². The van der Waals surface area contributed by atoms with Gasteiger partial charge in [0.1, 0.15) is 5.82 Å². The fourth-order valence-corrected chi connectivity index (χ4v) is 3.78. The molecule has 0 bridgehead atoms. The molecule has 2 aromatic carbocycles. The standard InChI is InChI=1S/C22H24ClN7O/c1-13-26-21(24)28-22(27-13)30-11-16-5-4-14(8-17(16)12-30)20(31)25-10-15-6-7-18(29(2)3)9-19(15)23/h4-9H,10-12H2,1-3H3,(H,25,31)(H2,24,26,27,28). The van der Waals surface area contributed by atoms with Crippen molar-refractivity contribution in [3.63, 3.8) is 0 Å². The van der Waals surface area contributed by atoms with Crippen molar-refractivity contribution in [3.8, 4) is 0 Å². The number of benzene rings is 2. The van der Waals surface area contributed by atoms with Crippen molar-refractivity contribution in [2.75, 3.05) is 29.6 Å². The first-order chi connectivity index (χ1) is 14.8. The molecule has 8 nitrogen and oxygen atoms in total. The highest BCUT2D eigenvalue weighted by molar-refractivity contribution is 6.31. The second-order valence-electron chi connectivity index (χ2n) is 7.73. The van der Waals surface area contributed by atoms with Gasteiger partial charge >= 0.3 is 0 Å². The molecule has 160 valence electrons. The number of fused-ring (bicyclic) bond motifs is 1. The molecule has 3 aromatic rings. The van der Waals surface area contributed by atoms with Gasteiger partial charge in [-0.2, -0.15) is 15.0 Å². The van der Waals surface area contributed by atoms with Crippen molar-refractivity contribution < 1.29 is 4.79 Å². The van der Waals surface area contributed by atoms with Crippen molar-refractivity contribution in [2.24, 2.45) is 0 Å². The average molecular weight is 438 g/mol. The maximum Gasteiger partial charge on any atom is 0.251 e. The maximum atomic E-state index is 12.7. The lowest BCUT2D eigenvalue weighted by molar-refractivity contribution is 0.0951. The van der Waals surface area contributed by atoms with Crippen molar-refractivity contribution in [3.05, 3.63) is 69.5 Å². The number of hydrogen-bond acceptors (Lipinski definition) is 7. The molecule has 3 N–H and O–H groups in total. The minimum atomic E-state index is -0.144. The van der Waals surface area contributed by atoms with Gasteiger partial charge in [-0.15, -0.1) is 0 Å². The molecule has 0 atom stereocenters. The van der Waals surface area contributed by atoms with Crippen LogP contribution in [0.1, 0.15) is 32.9 Å². The highest BCUT2D eigenvalue weighted by atomic mass is 35.5. The number of rotatable bonds is 5. The number of nitrogens with one attached hydrogen (secondary N) is 1. The van der Waals surface area contributed by atoms with Gasteiger partial charge in [0.15, 0.2) is 0 Å². The number of carbonyl (C=O) groups is 1. The Labute approximate surface area is 186 Å². The minimum Gasteiger partial charge on any atom is -0.378 e. The Morgan fingerprint density at radius 3 is 2.61 bits per heavy atom. The van der Waals surface area contributed by atoms with Gasteiger partial charge in [-0.1, -0.05) is 23.7 Å². The van der Waals surface area contributed by atoms with Crippen LogP contribution in [0.15, 0.2) is 36.4 Å². The van der Waals surface area contributed by atoms with E-state index in [2.05, 4.69) is 20.3 Å². The van der Waals surface area contributed by atoms with E-state index in [0.29, 0.717) is 42.0 Å². The molecule has 1 amide bonds. The second-order valence-corrected chi connectivity index (χ2v) is 8.14. The van der Waals surface area contributed by atoms with E-state index >= 15 is 0 Å². The number of nitrogens with zero attached hydrogens (tertiary/aromatic N) is 5. The molecule has 2 heterocycles. The smallest absolute Gasteiger partial charge is 0.251 e. The second kappa shape index (κ2) is 8.39. The summed E-state index contributed by atoms with van der Waals surface area (Å²) < 4.78 is 0. The molecule has 1 aromatic heterocycles. The number of aromatic nitrogens is 3. The SMILES string of the molecule is Cc1nc(N)nc(N2Cc3ccc(C(=O)NCc4ccc(N(C)C)cc4Cl)cc3C2)n1. The van der Waals surface area contributed by atoms with Crippen molar-refractivity contribution in [1.82, 2.24) is 20.3 Å². The van der Waals surface area contributed by atoms with E-state index < -0.39 is 0 Å². The Hall–Kier alpha value is -3.39. The summed E-state index contributed by atoms with van der Waals surface area (Å²) in [6, 6.07) is 11.5. The molecule has 1 aliphatic rings. The molecule has 0 saturated heterocycles. The number of aryl methyl sites for hydroxylation is 1. The minimum absolute atomic E-state index is 0.144. The number of nitrogens with two attached hydrogens (primary N) is 1. The van der Waals surface area contributed by atoms with Crippen LogP contribution in [-0.4, -0.2) is 35.0 Å². The van der Waals surface area contributed by atoms with Crippen LogP contribution in [0.5, 0.6) is 0 Å². The number of anilines is 3. The van der Waals surface area contributed by atoms with E-state index in [1.165, 1.54) is 0 Å². The van der Waals surface area contributed by atoms with Gasteiger partial charge in [-0.25, -0.2) is 0 Å². The van der Waals surface area contributed by atoms with E-state index in [-0.39, 0.29) is 11.9 Å². The molecule has 9 heteroatoms. The van der Waals surface area contributed by atoms with Crippen LogP contribution < -0.4 is 20.9 Å². The van der Waals surface area contributed by atoms with E-state index in [1.54, 1.807) is 6.92 Å². The molecule has 0 saturated carbocycles. The lowest BCUT2D eigenvalue weighted by atomic mass is 10.1. The quantitative estimate of drug-likeness (QED) is 0.632. The third-order valence-corrected chi connectivity index (χ3v) is 5.57. The molecule has 0 radical (unpaired) electrons. The highest BCUT2D eigenvalue weighted by Crippen LogP contribution is 2.27. The lowest BCUT2D eigenvalue weighted by Gasteiger charge is -2.15. The van der Waals surface area contributed by atoms with Crippen LogP contribution >= 0.6 is 11.6 Å². The molecule has 0 spiro atoms. The van der Waals surface area contributed by atoms with E-state index in [9.17, 15) is 4.79 Å². The maximum absolute atomic E-state index is 12.7. The Balaban J connectivity index is 1.44. The molecule has 1 aliphatic heterocycles. The molecular formula is C22H24ClN7O. The average Bonchev–Trinajstić information content (AvgIpc) is 3.15. The van der Waals surface area contributed by atoms with Gasteiger partial charge in [0.2, 0.25) is 11.9 Å². The Morgan fingerprint density at radius 2 is 1.90 bits per heavy atom. The van der Waals surface area contributed by atoms with Crippen LogP contribution in [0.4, 0.5) is 17.6 Å². The van der Waals surface area contributed by atoms with Gasteiger partial charge in [-0.3, -0.25) is 4.79 Å². The first-order valence-electron chi connectivity index (χ1n) is 9.89. The summed E-state index contributed by atoms with van der Waals surface area (Å²) >= 11 is 6.37. The fraction of sp³-hybridized carbons (Fsp3) is 0.273. The van der Waals surface area contributed by atoms with Crippen LogP contribution in [0.3, 0.4) is 0 Å². The topological polar surface area (TPSA) is 100 Å². The Morgan fingerprint density at radius 1 is 1.13 bits per heavy atom. The fourth-order valence-electron chi connectivity index (χ4n) is 3.54. The third kappa shape index (κ3) is 4.54. The zero-order valence-electron chi connectivity index (χ0n) is 17.7. The van der Waals surface area contributed by atoms with Gasteiger partial charge in [0.05, 0.1) is 0 Å². The van der Waals surface area contributed by atoms with Gasteiger partial charge < -0.3 is 20.9 Å². The summed E-state index contributed by atoms with van der Waals surface area (Å²) in [4.78, 5) is 29.3. The van der Waals surface area contributed by atoms with Gasteiger partial charge in [-0.05, 0) is 47.9 Å². The van der Waals surface area contributed by atoms with Gasteiger partial charge in [0.25, 0.3) is 5.91 Å². The number of nitrogen functional groups attached to an aromatic ring is 1. The first-order valence-corrected chi connectivity index (χ1v) is 10.3. The summed E-state index contributed by atoms with van der Waals surface area (Å²) in [5.41, 5.74) is 10.4. The van der Waals surface area contributed by atoms with E-state index in [4.69, 9.17) is 17.3 Å². The molecule has 0 unspecified atom stereocenters. The largest absolute Gasteiger partial charge is 0.378 e. The van der Waals surface area contributed by atoms with Gasteiger partial charge in [0, 0.05) is 50.0 Å². The summed E-state index contributed by atoms with van der Waals surface area (Å²) in [7, 11) is 3.91. The van der Waals surface area contributed by atoms with Crippen LogP contribution in [0, 0.1) is 6.92 Å². The zero-order valence-corrected chi connectivity index (χ0v) is 18.4. The summed E-state index contributed by atoms with van der Waals surface area (Å²) in [5.74, 6) is 1.18. The van der Waals surface area contributed by atoms with Crippen molar-refractivity contribution in [2.45, 2.75) is 26.6 Å². The number of halogens is 1. The van der Waals surface area contributed by atoms with Crippen molar-refractivity contribution >= 4 is 35.1 Å². The van der Waals surface area contributed by atoms with Crippen LogP contribution in [-0.2, 0) is 19.6 Å².